The molecule has 0 unspecified atom stereocenters. The molecule has 0 bridgehead atoms. The van der Waals surface area contributed by atoms with Crippen molar-refractivity contribution in [1.29, 1.82) is 0 Å². The Balaban J connectivity index is 2.51. The van der Waals surface area contributed by atoms with E-state index in [1.165, 1.54) is 12.3 Å². The summed E-state index contributed by atoms with van der Waals surface area (Å²) in [4.78, 5) is 4.06. The van der Waals surface area contributed by atoms with Crippen LogP contribution in [0.5, 0.6) is 0 Å². The minimum Gasteiger partial charge on any atom is -0.254 e. The lowest BCUT2D eigenvalue weighted by Gasteiger charge is -2.09. The summed E-state index contributed by atoms with van der Waals surface area (Å²) in [7, 11) is 0. The summed E-state index contributed by atoms with van der Waals surface area (Å²) in [6.07, 6.45) is -2.94. The number of pyridine rings is 1. The van der Waals surface area contributed by atoms with Crippen LogP contribution in [0.2, 0.25) is 5.02 Å². The van der Waals surface area contributed by atoms with Crippen LogP contribution in [0.4, 0.5) is 13.2 Å². The monoisotopic (exact) mass is 383 g/mol. The number of benzene rings is 1. The van der Waals surface area contributed by atoms with Gasteiger partial charge < -0.3 is 0 Å². The van der Waals surface area contributed by atoms with E-state index in [9.17, 15) is 13.2 Å². The van der Waals surface area contributed by atoms with Gasteiger partial charge in [0.25, 0.3) is 0 Å². The quantitative estimate of drug-likeness (QED) is 0.630. The summed E-state index contributed by atoms with van der Waals surface area (Å²) in [6.45, 7) is 0. The Morgan fingerprint density at radius 2 is 1.89 bits per heavy atom. The molecule has 6 heteroatoms. The topological polar surface area (TPSA) is 12.9 Å². The lowest BCUT2D eigenvalue weighted by molar-refractivity contribution is -0.137. The van der Waals surface area contributed by atoms with Crippen molar-refractivity contribution in [3.8, 4) is 11.3 Å². The van der Waals surface area contributed by atoms with Gasteiger partial charge in [-0.05, 0) is 40.8 Å². The van der Waals surface area contributed by atoms with E-state index in [-0.39, 0.29) is 0 Å². The largest absolute Gasteiger partial charge is 0.416 e. The molecule has 0 spiro atoms. The summed E-state index contributed by atoms with van der Waals surface area (Å²) in [5.74, 6) is 0. The lowest BCUT2D eigenvalue weighted by atomic mass is 10.1. The molecule has 94 valence electrons. The SMILES string of the molecule is FC(F)(F)c1cccc(-c2ncc(Cl)cc2I)c1. The highest BCUT2D eigenvalue weighted by Crippen LogP contribution is 2.33. The molecule has 0 N–H and O–H groups in total. The molecule has 0 aliphatic heterocycles. The van der Waals surface area contributed by atoms with Gasteiger partial charge in [-0.15, -0.1) is 0 Å². The smallest absolute Gasteiger partial charge is 0.254 e. The fraction of sp³-hybridized carbons (Fsp3) is 0.0833. The van der Waals surface area contributed by atoms with Crippen molar-refractivity contribution in [1.82, 2.24) is 4.98 Å². The minimum absolute atomic E-state index is 0.422. The second-order valence-corrected chi connectivity index (χ2v) is 5.16. The van der Waals surface area contributed by atoms with Crippen molar-refractivity contribution in [2.75, 3.05) is 0 Å². The van der Waals surface area contributed by atoms with Crippen molar-refractivity contribution in [2.45, 2.75) is 6.18 Å². The first kappa shape index (κ1) is 13.6. The number of hydrogen-bond acceptors (Lipinski definition) is 1. The van der Waals surface area contributed by atoms with Crippen LogP contribution in [-0.4, -0.2) is 4.98 Å². The normalized spacial score (nSPS) is 11.6. The fourth-order valence-corrected chi connectivity index (χ4v) is 2.60. The van der Waals surface area contributed by atoms with Crippen LogP contribution >= 0.6 is 34.2 Å². The van der Waals surface area contributed by atoms with Gasteiger partial charge in [-0.25, -0.2) is 0 Å². The van der Waals surface area contributed by atoms with Gasteiger partial charge in [0.1, 0.15) is 0 Å². The molecule has 0 aliphatic carbocycles. The Morgan fingerprint density at radius 1 is 1.17 bits per heavy atom. The molecule has 1 aromatic carbocycles. The van der Waals surface area contributed by atoms with Crippen LogP contribution in [0.25, 0.3) is 11.3 Å². The van der Waals surface area contributed by atoms with Crippen molar-refractivity contribution in [3.05, 3.63) is 50.7 Å². The Bertz CT molecular complexity index is 584. The number of rotatable bonds is 1. The van der Waals surface area contributed by atoms with Gasteiger partial charge in [-0.3, -0.25) is 4.98 Å². The third-order valence-electron chi connectivity index (χ3n) is 2.27. The van der Waals surface area contributed by atoms with Crippen LogP contribution in [-0.2, 0) is 6.18 Å². The average Bonchev–Trinajstić information content (AvgIpc) is 2.28. The molecule has 0 saturated heterocycles. The second-order valence-electron chi connectivity index (χ2n) is 3.56. The van der Waals surface area contributed by atoms with Crippen molar-refractivity contribution < 1.29 is 13.2 Å². The van der Waals surface area contributed by atoms with E-state index in [0.717, 1.165) is 12.1 Å². The average molecular weight is 384 g/mol. The fourth-order valence-electron chi connectivity index (χ4n) is 1.47. The molecule has 0 atom stereocenters. The van der Waals surface area contributed by atoms with E-state index in [2.05, 4.69) is 4.98 Å². The van der Waals surface area contributed by atoms with Gasteiger partial charge in [0.2, 0.25) is 0 Å². The molecule has 18 heavy (non-hydrogen) atoms. The summed E-state index contributed by atoms with van der Waals surface area (Å²) >= 11 is 7.75. The number of aromatic nitrogens is 1. The molecule has 0 saturated carbocycles. The molecule has 0 amide bonds. The number of halogens is 5. The van der Waals surface area contributed by atoms with Crippen molar-refractivity contribution in [3.63, 3.8) is 0 Å². The number of nitrogens with zero attached hydrogens (tertiary/aromatic N) is 1. The Hall–Kier alpha value is -0.820. The van der Waals surface area contributed by atoms with E-state index in [4.69, 9.17) is 11.6 Å². The summed E-state index contributed by atoms with van der Waals surface area (Å²) in [5.41, 5.74) is 0.226. The standard InChI is InChI=1S/C12H6ClF3IN/c13-9-5-10(17)11(18-6-9)7-2-1-3-8(4-7)12(14,15)16/h1-6H. The highest BCUT2D eigenvalue weighted by molar-refractivity contribution is 14.1. The van der Waals surface area contributed by atoms with Gasteiger partial charge >= 0.3 is 6.18 Å². The summed E-state index contributed by atoms with van der Waals surface area (Å²) < 4.78 is 38.5. The van der Waals surface area contributed by atoms with E-state index < -0.39 is 11.7 Å². The zero-order valence-electron chi connectivity index (χ0n) is 8.80. The van der Waals surface area contributed by atoms with E-state index in [1.54, 1.807) is 12.1 Å². The summed E-state index contributed by atoms with van der Waals surface area (Å²) in [5, 5.41) is 0.454. The highest BCUT2D eigenvalue weighted by atomic mass is 127. The van der Waals surface area contributed by atoms with E-state index in [0.29, 0.717) is 19.9 Å². The minimum atomic E-state index is -4.35. The van der Waals surface area contributed by atoms with Crippen LogP contribution in [0.15, 0.2) is 36.5 Å². The molecule has 2 aromatic rings. The molecule has 0 radical (unpaired) electrons. The van der Waals surface area contributed by atoms with E-state index >= 15 is 0 Å². The predicted octanol–water partition coefficient (Wildman–Crippen LogP) is 5.03. The molecule has 1 heterocycles. The van der Waals surface area contributed by atoms with Crippen molar-refractivity contribution >= 4 is 34.2 Å². The lowest BCUT2D eigenvalue weighted by Crippen LogP contribution is -2.04. The first-order chi connectivity index (χ1) is 8.38. The van der Waals surface area contributed by atoms with Crippen LogP contribution in [0.1, 0.15) is 5.56 Å². The predicted molar refractivity (Wildman–Crippen MR) is 72.4 cm³/mol. The van der Waals surface area contributed by atoms with Gasteiger partial charge in [0, 0.05) is 15.3 Å². The highest BCUT2D eigenvalue weighted by Gasteiger charge is 2.30. The first-order valence-electron chi connectivity index (χ1n) is 4.86. The molecule has 1 nitrogen and oxygen atoms in total. The first-order valence-corrected chi connectivity index (χ1v) is 6.32. The maximum Gasteiger partial charge on any atom is 0.416 e. The maximum absolute atomic E-state index is 12.6. The molecule has 1 aromatic heterocycles. The second kappa shape index (κ2) is 5.05. The molecular formula is C12H6ClF3IN. The van der Waals surface area contributed by atoms with Crippen molar-refractivity contribution in [2.24, 2.45) is 0 Å². The van der Waals surface area contributed by atoms with Crippen LogP contribution in [0.3, 0.4) is 0 Å². The third-order valence-corrected chi connectivity index (χ3v) is 3.30. The zero-order chi connectivity index (χ0) is 13.3. The molecule has 2 rings (SSSR count). The Kier molecular flexibility index (Phi) is 3.82. The molecular weight excluding hydrogens is 377 g/mol. The third kappa shape index (κ3) is 2.95. The van der Waals surface area contributed by atoms with Gasteiger partial charge in [0.05, 0.1) is 16.3 Å². The van der Waals surface area contributed by atoms with Crippen LogP contribution in [0, 0.1) is 3.57 Å². The van der Waals surface area contributed by atoms with E-state index in [1.807, 2.05) is 22.6 Å². The number of alkyl halides is 3. The van der Waals surface area contributed by atoms with Gasteiger partial charge in [0.15, 0.2) is 0 Å². The summed E-state index contributed by atoms with van der Waals surface area (Å²) in [6, 6.07) is 6.73. The zero-order valence-corrected chi connectivity index (χ0v) is 11.7. The maximum atomic E-state index is 12.6. The number of hydrogen-bond donors (Lipinski definition) is 0. The molecule has 0 fully saturated rings. The Labute approximate surface area is 120 Å². The van der Waals surface area contributed by atoms with Gasteiger partial charge in [-0.2, -0.15) is 13.2 Å². The van der Waals surface area contributed by atoms with Crippen LogP contribution < -0.4 is 0 Å². The Morgan fingerprint density at radius 3 is 2.50 bits per heavy atom. The molecule has 0 aliphatic rings. The van der Waals surface area contributed by atoms with Gasteiger partial charge in [-0.1, -0.05) is 23.7 Å².